The van der Waals surface area contributed by atoms with Gasteiger partial charge in [-0.05, 0) is 43.0 Å². The quantitative estimate of drug-likeness (QED) is 0.519. The molecule has 1 aromatic rings. The second kappa shape index (κ2) is 3.59. The highest BCUT2D eigenvalue weighted by atomic mass is 15.2. The minimum absolute atomic E-state index is 1.02. The number of aryl methyl sites for hydroxylation is 2. The number of nitrogens with two attached hydrogens (primary N) is 1. The van der Waals surface area contributed by atoms with Gasteiger partial charge in [-0.25, -0.2) is 0 Å². The van der Waals surface area contributed by atoms with Crippen molar-refractivity contribution in [3.63, 3.8) is 0 Å². The summed E-state index contributed by atoms with van der Waals surface area (Å²) in [7, 11) is 0. The largest absolute Gasteiger partial charge is 0.324 e. The number of anilines is 1. The summed E-state index contributed by atoms with van der Waals surface area (Å²) < 4.78 is 0. The van der Waals surface area contributed by atoms with E-state index in [4.69, 9.17) is 5.84 Å². The fourth-order valence-corrected chi connectivity index (χ4v) is 1.60. The Morgan fingerprint density at radius 3 is 2.50 bits per heavy atom. The van der Waals surface area contributed by atoms with Gasteiger partial charge in [0.1, 0.15) is 0 Å². The molecule has 0 heterocycles. The Balaban J connectivity index is 3.24. The van der Waals surface area contributed by atoms with Gasteiger partial charge in [-0.2, -0.15) is 0 Å². The van der Waals surface area contributed by atoms with Crippen LogP contribution in [0, 0.1) is 13.8 Å². The molecule has 0 amide bonds. The van der Waals surface area contributed by atoms with Crippen molar-refractivity contribution < 1.29 is 0 Å². The van der Waals surface area contributed by atoms with Gasteiger partial charge in [0.2, 0.25) is 0 Å². The van der Waals surface area contributed by atoms with Crippen LogP contribution in [0.3, 0.4) is 0 Å². The van der Waals surface area contributed by atoms with Crippen molar-refractivity contribution in [2.75, 3.05) is 5.43 Å². The van der Waals surface area contributed by atoms with Crippen LogP contribution in [0.2, 0.25) is 0 Å². The molecule has 0 saturated carbocycles. The molecular formula is C10H16N2. The minimum Gasteiger partial charge on any atom is -0.324 e. The number of rotatable bonds is 2. The fraction of sp³-hybridized carbons (Fsp3) is 0.400. The molecule has 0 fully saturated rings. The first kappa shape index (κ1) is 9.07. The normalized spacial score (nSPS) is 10.0. The maximum absolute atomic E-state index is 5.41. The first-order valence-electron chi connectivity index (χ1n) is 4.25. The third kappa shape index (κ3) is 1.59. The van der Waals surface area contributed by atoms with Crippen molar-refractivity contribution in [3.8, 4) is 0 Å². The number of nitrogen functional groups attached to an aromatic ring is 1. The molecule has 0 bridgehead atoms. The van der Waals surface area contributed by atoms with Crippen LogP contribution >= 0.6 is 0 Å². The van der Waals surface area contributed by atoms with Gasteiger partial charge in [0, 0.05) is 0 Å². The number of hydrazine groups is 1. The van der Waals surface area contributed by atoms with Crippen LogP contribution in [0.5, 0.6) is 0 Å². The van der Waals surface area contributed by atoms with E-state index in [0.29, 0.717) is 0 Å². The van der Waals surface area contributed by atoms with E-state index < -0.39 is 0 Å². The Kier molecular flexibility index (Phi) is 2.71. The van der Waals surface area contributed by atoms with Crippen LogP contribution in [0.25, 0.3) is 0 Å². The molecule has 0 saturated heterocycles. The highest BCUT2D eigenvalue weighted by Gasteiger charge is 2.02. The molecule has 0 radical (unpaired) electrons. The Morgan fingerprint density at radius 2 is 2.00 bits per heavy atom. The highest BCUT2D eigenvalue weighted by molar-refractivity contribution is 5.55. The average Bonchev–Trinajstić information content (AvgIpc) is 2.03. The molecule has 0 aromatic heterocycles. The molecule has 12 heavy (non-hydrogen) atoms. The number of benzene rings is 1. The molecule has 0 aliphatic heterocycles. The van der Waals surface area contributed by atoms with Gasteiger partial charge < -0.3 is 5.43 Å². The predicted octanol–water partition coefficient (Wildman–Crippen LogP) is 2.15. The van der Waals surface area contributed by atoms with Crippen LogP contribution < -0.4 is 11.3 Å². The smallest absolute Gasteiger partial charge is 0.0522 e. The first-order valence-corrected chi connectivity index (χ1v) is 4.25. The van der Waals surface area contributed by atoms with Crippen LogP contribution in [0.1, 0.15) is 23.6 Å². The predicted molar refractivity (Wildman–Crippen MR) is 53.1 cm³/mol. The summed E-state index contributed by atoms with van der Waals surface area (Å²) in [6, 6.07) is 4.26. The summed E-state index contributed by atoms with van der Waals surface area (Å²) in [4.78, 5) is 0. The van der Waals surface area contributed by atoms with Gasteiger partial charge in [-0.1, -0.05) is 13.0 Å². The Labute approximate surface area is 73.8 Å². The number of hydrogen-bond acceptors (Lipinski definition) is 2. The highest BCUT2D eigenvalue weighted by Crippen LogP contribution is 2.21. The second-order valence-corrected chi connectivity index (χ2v) is 3.11. The van der Waals surface area contributed by atoms with Crippen molar-refractivity contribution in [2.45, 2.75) is 27.2 Å². The summed E-state index contributed by atoms with van der Waals surface area (Å²) >= 11 is 0. The lowest BCUT2D eigenvalue weighted by atomic mass is 10.0. The molecule has 0 aliphatic carbocycles. The topological polar surface area (TPSA) is 38.0 Å². The summed E-state index contributed by atoms with van der Waals surface area (Å²) in [6.07, 6.45) is 1.02. The van der Waals surface area contributed by atoms with Crippen LogP contribution in [0.15, 0.2) is 12.1 Å². The van der Waals surface area contributed by atoms with Crippen molar-refractivity contribution in [2.24, 2.45) is 5.84 Å². The van der Waals surface area contributed by atoms with Gasteiger partial charge in [0.25, 0.3) is 0 Å². The van der Waals surface area contributed by atoms with Crippen molar-refractivity contribution in [3.05, 3.63) is 28.8 Å². The zero-order valence-corrected chi connectivity index (χ0v) is 7.94. The lowest BCUT2D eigenvalue weighted by Crippen LogP contribution is -2.10. The van der Waals surface area contributed by atoms with Gasteiger partial charge in [0.15, 0.2) is 0 Å². The lowest BCUT2D eigenvalue weighted by molar-refractivity contribution is 1.09. The molecular weight excluding hydrogens is 148 g/mol. The molecule has 0 aliphatic rings. The summed E-state index contributed by atoms with van der Waals surface area (Å²) in [5.41, 5.74) is 7.65. The number of hydrogen-bond donors (Lipinski definition) is 2. The van der Waals surface area contributed by atoms with Crippen LogP contribution in [-0.2, 0) is 6.42 Å². The van der Waals surface area contributed by atoms with E-state index in [0.717, 1.165) is 12.1 Å². The molecule has 66 valence electrons. The van der Waals surface area contributed by atoms with E-state index in [-0.39, 0.29) is 0 Å². The summed E-state index contributed by atoms with van der Waals surface area (Å²) in [6.45, 7) is 6.33. The molecule has 0 spiro atoms. The maximum atomic E-state index is 5.41. The molecule has 2 nitrogen and oxygen atoms in total. The van der Waals surface area contributed by atoms with Crippen molar-refractivity contribution >= 4 is 5.69 Å². The van der Waals surface area contributed by atoms with E-state index in [1.165, 1.54) is 16.7 Å². The monoisotopic (exact) mass is 164 g/mol. The molecule has 1 aromatic carbocycles. The lowest BCUT2D eigenvalue weighted by Gasteiger charge is -2.11. The van der Waals surface area contributed by atoms with Gasteiger partial charge in [0.05, 0.1) is 5.69 Å². The Hall–Kier alpha value is -1.02. The van der Waals surface area contributed by atoms with E-state index >= 15 is 0 Å². The van der Waals surface area contributed by atoms with Crippen LogP contribution in [-0.4, -0.2) is 0 Å². The SMILES string of the molecule is CCc1c(C)cc(C)cc1NN. The van der Waals surface area contributed by atoms with E-state index in [9.17, 15) is 0 Å². The van der Waals surface area contributed by atoms with E-state index in [1.54, 1.807) is 0 Å². The van der Waals surface area contributed by atoms with E-state index in [2.05, 4.69) is 38.3 Å². The standard InChI is InChI=1S/C10H16N2/c1-4-9-8(3)5-7(2)6-10(9)12-11/h5-6,12H,4,11H2,1-3H3. The summed E-state index contributed by atoms with van der Waals surface area (Å²) in [5.74, 6) is 5.41. The first-order chi connectivity index (χ1) is 5.69. The van der Waals surface area contributed by atoms with Crippen molar-refractivity contribution in [1.29, 1.82) is 0 Å². The second-order valence-electron chi connectivity index (χ2n) is 3.11. The fourth-order valence-electron chi connectivity index (χ4n) is 1.60. The molecule has 0 unspecified atom stereocenters. The zero-order valence-electron chi connectivity index (χ0n) is 7.94. The van der Waals surface area contributed by atoms with Gasteiger partial charge in [-0.15, -0.1) is 0 Å². The Bertz CT molecular complexity index is 279. The van der Waals surface area contributed by atoms with Crippen LogP contribution in [0.4, 0.5) is 5.69 Å². The third-order valence-electron chi connectivity index (χ3n) is 2.13. The summed E-state index contributed by atoms with van der Waals surface area (Å²) in [5, 5.41) is 0. The number of nitrogens with one attached hydrogen (secondary N) is 1. The molecule has 3 N–H and O–H groups in total. The average molecular weight is 164 g/mol. The third-order valence-corrected chi connectivity index (χ3v) is 2.13. The molecule has 0 atom stereocenters. The van der Waals surface area contributed by atoms with Crippen molar-refractivity contribution in [1.82, 2.24) is 0 Å². The zero-order chi connectivity index (χ0) is 9.14. The molecule has 2 heteroatoms. The minimum atomic E-state index is 1.02. The van der Waals surface area contributed by atoms with Gasteiger partial charge >= 0.3 is 0 Å². The molecule has 1 rings (SSSR count). The maximum Gasteiger partial charge on any atom is 0.0522 e. The Morgan fingerprint density at radius 1 is 1.33 bits per heavy atom. The van der Waals surface area contributed by atoms with Gasteiger partial charge in [-0.3, -0.25) is 5.84 Å². The van der Waals surface area contributed by atoms with E-state index in [1.807, 2.05) is 0 Å².